The van der Waals surface area contributed by atoms with Gasteiger partial charge < -0.3 is 10.0 Å². The molecule has 4 heterocycles. The Bertz CT molecular complexity index is 927. The van der Waals surface area contributed by atoms with Crippen molar-refractivity contribution < 1.29 is 5.11 Å². The van der Waals surface area contributed by atoms with Crippen LogP contribution in [-0.4, -0.2) is 67.6 Å². The van der Waals surface area contributed by atoms with Crippen molar-refractivity contribution in [3.8, 4) is 28.1 Å². The Labute approximate surface area is 156 Å². The second-order valence-electron chi connectivity index (χ2n) is 7.32. The van der Waals surface area contributed by atoms with Crippen LogP contribution < -0.4 is 4.90 Å². The number of piperazine rings is 1. The normalized spacial score (nSPS) is 22.3. The number of likely N-dealkylation sites (N-methyl/N-ethyl adjacent to an activating group) is 1. The van der Waals surface area contributed by atoms with E-state index in [-0.39, 0.29) is 5.75 Å². The predicted octanol–water partition coefficient (Wildman–Crippen LogP) is 1.92. The molecule has 5 rings (SSSR count). The molecule has 2 unspecified atom stereocenters. The highest BCUT2D eigenvalue weighted by molar-refractivity contribution is 5.73. The highest BCUT2D eigenvalue weighted by Crippen LogP contribution is 2.33. The second-order valence-corrected chi connectivity index (χ2v) is 7.32. The van der Waals surface area contributed by atoms with Crippen LogP contribution in [0, 0.1) is 0 Å². The number of hydrogen-bond acceptors (Lipinski definition) is 7. The summed E-state index contributed by atoms with van der Waals surface area (Å²) >= 11 is 0. The lowest BCUT2D eigenvalue weighted by Crippen LogP contribution is -2.52. The molecule has 27 heavy (non-hydrogen) atoms. The highest BCUT2D eigenvalue weighted by Gasteiger charge is 2.38. The number of benzene rings is 1. The van der Waals surface area contributed by atoms with Crippen molar-refractivity contribution in [1.29, 1.82) is 0 Å². The molecule has 2 N–H and O–H groups in total. The zero-order chi connectivity index (χ0) is 18.4. The molecule has 2 atom stereocenters. The van der Waals surface area contributed by atoms with Crippen LogP contribution in [0.2, 0.25) is 0 Å². The first kappa shape index (κ1) is 16.2. The molecule has 138 valence electrons. The summed E-state index contributed by atoms with van der Waals surface area (Å²) in [5.41, 5.74) is 2.98. The average Bonchev–Trinajstić information content (AvgIpc) is 3.27. The third-order valence-corrected chi connectivity index (χ3v) is 5.78. The molecule has 2 aliphatic heterocycles. The quantitative estimate of drug-likeness (QED) is 0.734. The molecule has 2 aromatic heterocycles. The van der Waals surface area contributed by atoms with Crippen LogP contribution >= 0.6 is 0 Å². The highest BCUT2D eigenvalue weighted by atomic mass is 16.3. The van der Waals surface area contributed by atoms with E-state index < -0.39 is 0 Å². The molecule has 2 saturated heterocycles. The number of fused-ring (bicyclic) bond motifs is 2. The summed E-state index contributed by atoms with van der Waals surface area (Å²) in [5.74, 6) is 0.813. The standard InChI is InChI=1S/C19H21N7O/c1-25-14-3-4-15(25)11-26(10-14)19-20-9-17(23-24-19)16-5-2-12(6-18(16)27)13-7-21-22-8-13/h2,5-9,14-15,27H,3-4,10-11H2,1H3,(H,21,22). The third kappa shape index (κ3) is 2.82. The van der Waals surface area contributed by atoms with Gasteiger partial charge in [-0.1, -0.05) is 6.07 Å². The lowest BCUT2D eigenvalue weighted by molar-refractivity contribution is 0.211. The van der Waals surface area contributed by atoms with E-state index in [9.17, 15) is 5.11 Å². The number of nitrogens with one attached hydrogen (secondary N) is 1. The van der Waals surface area contributed by atoms with Gasteiger partial charge in [-0.2, -0.15) is 5.10 Å². The number of anilines is 1. The maximum absolute atomic E-state index is 10.4. The molecule has 2 fully saturated rings. The Kier molecular flexibility index (Phi) is 3.78. The van der Waals surface area contributed by atoms with Crippen LogP contribution in [0.1, 0.15) is 12.8 Å². The first-order chi connectivity index (χ1) is 13.2. The van der Waals surface area contributed by atoms with E-state index in [2.05, 4.69) is 42.2 Å². The van der Waals surface area contributed by atoms with E-state index in [0.29, 0.717) is 29.3 Å². The summed E-state index contributed by atoms with van der Waals surface area (Å²) in [4.78, 5) is 9.21. The number of hydrogen-bond donors (Lipinski definition) is 2. The van der Waals surface area contributed by atoms with Crippen LogP contribution in [0.25, 0.3) is 22.4 Å². The molecule has 0 amide bonds. The maximum atomic E-state index is 10.4. The van der Waals surface area contributed by atoms with Gasteiger partial charge in [-0.05, 0) is 37.6 Å². The van der Waals surface area contributed by atoms with Gasteiger partial charge >= 0.3 is 0 Å². The van der Waals surface area contributed by atoms with Crippen LogP contribution in [0.15, 0.2) is 36.8 Å². The summed E-state index contributed by atoms with van der Waals surface area (Å²) in [7, 11) is 2.21. The number of rotatable bonds is 3. The van der Waals surface area contributed by atoms with E-state index in [1.54, 1.807) is 24.7 Å². The lowest BCUT2D eigenvalue weighted by Gasteiger charge is -2.38. The fourth-order valence-corrected chi connectivity index (χ4v) is 4.15. The molecule has 0 aliphatic carbocycles. The summed E-state index contributed by atoms with van der Waals surface area (Å²) < 4.78 is 0. The molecule has 1 aromatic carbocycles. The number of H-pyrrole nitrogens is 1. The van der Waals surface area contributed by atoms with Gasteiger partial charge in [0.1, 0.15) is 11.4 Å². The fraction of sp³-hybridized carbons (Fsp3) is 0.368. The zero-order valence-electron chi connectivity index (χ0n) is 15.1. The van der Waals surface area contributed by atoms with Gasteiger partial charge in [0, 0.05) is 42.5 Å². The predicted molar refractivity (Wildman–Crippen MR) is 101 cm³/mol. The summed E-state index contributed by atoms with van der Waals surface area (Å²) in [5, 5.41) is 25.8. The summed E-state index contributed by atoms with van der Waals surface area (Å²) in [6, 6.07) is 6.61. The SMILES string of the molecule is CN1C2CCC1CN(c1ncc(-c3ccc(-c4cn[nH]c4)cc3O)nn1)C2. The molecule has 8 nitrogen and oxygen atoms in total. The van der Waals surface area contributed by atoms with Crippen LogP contribution in [0.5, 0.6) is 5.75 Å². The van der Waals surface area contributed by atoms with Gasteiger partial charge in [0.15, 0.2) is 0 Å². The molecule has 0 saturated carbocycles. The average molecular weight is 363 g/mol. The minimum atomic E-state index is 0.148. The maximum Gasteiger partial charge on any atom is 0.245 e. The van der Waals surface area contributed by atoms with Gasteiger partial charge in [-0.25, -0.2) is 4.98 Å². The topological polar surface area (TPSA) is 94.1 Å². The second kappa shape index (κ2) is 6.31. The largest absolute Gasteiger partial charge is 0.507 e. The van der Waals surface area contributed by atoms with E-state index in [1.807, 2.05) is 12.1 Å². The van der Waals surface area contributed by atoms with Crippen molar-refractivity contribution in [2.75, 3.05) is 25.0 Å². The Morgan fingerprint density at radius 3 is 2.52 bits per heavy atom. The van der Waals surface area contributed by atoms with Gasteiger partial charge in [0.25, 0.3) is 0 Å². The van der Waals surface area contributed by atoms with E-state index in [4.69, 9.17) is 0 Å². The van der Waals surface area contributed by atoms with Crippen LogP contribution in [-0.2, 0) is 0 Å². The van der Waals surface area contributed by atoms with Crippen LogP contribution in [0.4, 0.5) is 5.95 Å². The molecule has 2 aliphatic rings. The molecule has 3 aromatic rings. The first-order valence-corrected chi connectivity index (χ1v) is 9.18. The lowest BCUT2D eigenvalue weighted by atomic mass is 10.0. The van der Waals surface area contributed by atoms with E-state index in [0.717, 1.165) is 24.2 Å². The molecule has 0 radical (unpaired) electrons. The number of phenols is 1. The molecule has 0 spiro atoms. The minimum absolute atomic E-state index is 0.148. The van der Waals surface area contributed by atoms with Crippen molar-refractivity contribution in [2.24, 2.45) is 0 Å². The molecule has 8 heteroatoms. The van der Waals surface area contributed by atoms with Gasteiger partial charge in [0.2, 0.25) is 5.95 Å². The number of nitrogens with zero attached hydrogens (tertiary/aromatic N) is 6. The first-order valence-electron chi connectivity index (χ1n) is 9.18. The number of aromatic nitrogens is 5. The van der Waals surface area contributed by atoms with E-state index >= 15 is 0 Å². The summed E-state index contributed by atoms with van der Waals surface area (Å²) in [6.07, 6.45) is 7.66. The Balaban J connectivity index is 1.38. The molecular weight excluding hydrogens is 342 g/mol. The van der Waals surface area contributed by atoms with Gasteiger partial charge in [-0.3, -0.25) is 10.00 Å². The third-order valence-electron chi connectivity index (χ3n) is 5.78. The molecule has 2 bridgehead atoms. The fourth-order valence-electron chi connectivity index (χ4n) is 4.15. The van der Waals surface area contributed by atoms with Crippen LogP contribution in [0.3, 0.4) is 0 Å². The van der Waals surface area contributed by atoms with Crippen molar-refractivity contribution >= 4 is 5.95 Å². The summed E-state index contributed by atoms with van der Waals surface area (Å²) in [6.45, 7) is 1.89. The van der Waals surface area contributed by atoms with Crippen molar-refractivity contribution in [1.82, 2.24) is 30.3 Å². The molecular formula is C19H21N7O. The zero-order valence-corrected chi connectivity index (χ0v) is 15.1. The monoisotopic (exact) mass is 363 g/mol. The van der Waals surface area contributed by atoms with Crippen molar-refractivity contribution in [2.45, 2.75) is 24.9 Å². The number of phenolic OH excluding ortho intramolecular Hbond substituents is 1. The Morgan fingerprint density at radius 1 is 1.07 bits per heavy atom. The van der Waals surface area contributed by atoms with Gasteiger partial charge in [-0.15, -0.1) is 10.2 Å². The van der Waals surface area contributed by atoms with Gasteiger partial charge in [0.05, 0.1) is 12.4 Å². The Hall–Kier alpha value is -3.00. The number of aromatic amines is 1. The van der Waals surface area contributed by atoms with Crippen molar-refractivity contribution in [3.63, 3.8) is 0 Å². The Morgan fingerprint density at radius 2 is 1.89 bits per heavy atom. The van der Waals surface area contributed by atoms with E-state index in [1.165, 1.54) is 12.8 Å². The number of aromatic hydroxyl groups is 1. The smallest absolute Gasteiger partial charge is 0.245 e. The van der Waals surface area contributed by atoms with Crippen molar-refractivity contribution in [3.05, 3.63) is 36.8 Å². The minimum Gasteiger partial charge on any atom is -0.507 e.